The molecule has 1 aliphatic heterocycles. The smallest absolute Gasteiger partial charge is 0.243 e. The van der Waals surface area contributed by atoms with Crippen molar-refractivity contribution in [3.63, 3.8) is 0 Å². The zero-order valence-electron chi connectivity index (χ0n) is 15.6. The Hall–Kier alpha value is -1.65. The third kappa shape index (κ3) is 4.84. The highest BCUT2D eigenvalue weighted by Crippen LogP contribution is 2.27. The molecule has 1 aliphatic rings. The molecular formula is C18H22ClN3O4S2. The largest absolute Gasteiger partial charge is 0.464 e. The van der Waals surface area contributed by atoms with Crippen molar-refractivity contribution in [3.8, 4) is 0 Å². The van der Waals surface area contributed by atoms with Crippen LogP contribution < -0.4 is 5.32 Å². The Morgan fingerprint density at radius 3 is 2.64 bits per heavy atom. The molecule has 2 heterocycles. The van der Waals surface area contributed by atoms with E-state index in [0.717, 1.165) is 11.5 Å². The molecular weight excluding hydrogens is 422 g/mol. The molecule has 0 bridgehead atoms. The Morgan fingerprint density at radius 1 is 1.29 bits per heavy atom. The van der Waals surface area contributed by atoms with Crippen LogP contribution in [0.3, 0.4) is 0 Å². The number of hydrogen-bond acceptors (Lipinski definition) is 5. The Bertz CT molecular complexity index is 955. The first-order valence-corrected chi connectivity index (χ1v) is 10.9. The number of hydrogen-bond donors (Lipinski definition) is 1. The minimum Gasteiger partial charge on any atom is -0.464 e. The van der Waals surface area contributed by atoms with Crippen LogP contribution in [0.1, 0.15) is 11.5 Å². The number of nitrogens with zero attached hydrogens (tertiary/aromatic N) is 2. The Kier molecular flexibility index (Phi) is 6.61. The molecule has 152 valence electrons. The first-order valence-electron chi connectivity index (χ1n) is 8.72. The minimum atomic E-state index is -3.62. The van der Waals surface area contributed by atoms with E-state index in [-0.39, 0.29) is 4.90 Å². The van der Waals surface area contributed by atoms with Crippen LogP contribution in [0.15, 0.2) is 39.6 Å². The van der Waals surface area contributed by atoms with Gasteiger partial charge in [0.25, 0.3) is 0 Å². The maximum atomic E-state index is 12.9. The van der Waals surface area contributed by atoms with E-state index in [2.05, 4.69) is 5.32 Å². The lowest BCUT2D eigenvalue weighted by molar-refractivity contribution is 0.0730. The fourth-order valence-electron chi connectivity index (χ4n) is 2.78. The lowest BCUT2D eigenvalue weighted by atomic mass is 10.3. The van der Waals surface area contributed by atoms with Gasteiger partial charge in [-0.25, -0.2) is 8.42 Å². The third-order valence-corrected chi connectivity index (χ3v) is 6.96. The van der Waals surface area contributed by atoms with E-state index in [1.807, 2.05) is 26.1 Å². The van der Waals surface area contributed by atoms with Crippen LogP contribution in [-0.4, -0.2) is 56.1 Å². The maximum Gasteiger partial charge on any atom is 0.243 e. The molecule has 3 rings (SSSR count). The Balaban J connectivity index is 1.74. The summed E-state index contributed by atoms with van der Waals surface area (Å²) in [5.41, 5.74) is 0.434. The highest BCUT2D eigenvalue weighted by Gasteiger charge is 2.27. The summed E-state index contributed by atoms with van der Waals surface area (Å²) in [6.45, 7) is 3.79. The van der Waals surface area contributed by atoms with Gasteiger partial charge in [-0.05, 0) is 49.5 Å². The summed E-state index contributed by atoms with van der Waals surface area (Å²) < 4.78 is 37.9. The second-order valence-corrected chi connectivity index (χ2v) is 9.19. The molecule has 0 amide bonds. The standard InChI is InChI=1S/C18H22ClN3O4S2/c1-13-3-4-14(26-13)12-21(2)18(27)20-17-11-15(5-6-16(17)19)28(23,24)22-7-9-25-10-8-22/h3-6,11H,7-10,12H2,1-2H3,(H,20,27). The number of sulfonamides is 1. The van der Waals surface area contributed by atoms with Gasteiger partial charge in [0.2, 0.25) is 10.0 Å². The van der Waals surface area contributed by atoms with Gasteiger partial charge in [0.05, 0.1) is 35.4 Å². The summed E-state index contributed by atoms with van der Waals surface area (Å²) in [6, 6.07) is 8.32. The number of halogens is 1. The summed E-state index contributed by atoms with van der Waals surface area (Å²) in [4.78, 5) is 1.95. The molecule has 1 saturated heterocycles. The van der Waals surface area contributed by atoms with Gasteiger partial charge in [0, 0.05) is 20.1 Å². The molecule has 0 spiro atoms. The SMILES string of the molecule is Cc1ccc(CN(C)C(=S)Nc2cc(S(=O)(=O)N3CCOCC3)ccc2Cl)o1. The number of benzene rings is 1. The molecule has 0 saturated carbocycles. The van der Waals surface area contributed by atoms with Crippen molar-refractivity contribution in [2.75, 3.05) is 38.7 Å². The molecule has 28 heavy (non-hydrogen) atoms. The van der Waals surface area contributed by atoms with E-state index >= 15 is 0 Å². The maximum absolute atomic E-state index is 12.9. The zero-order valence-corrected chi connectivity index (χ0v) is 18.0. The van der Waals surface area contributed by atoms with Crippen LogP contribution in [0.25, 0.3) is 0 Å². The van der Waals surface area contributed by atoms with E-state index < -0.39 is 10.0 Å². The first-order chi connectivity index (χ1) is 13.3. The fraction of sp³-hybridized carbons (Fsp3) is 0.389. The lowest BCUT2D eigenvalue weighted by Gasteiger charge is -2.26. The molecule has 1 fully saturated rings. The Labute approximate surface area is 175 Å². The average molecular weight is 444 g/mol. The van der Waals surface area contributed by atoms with Gasteiger partial charge in [0.1, 0.15) is 11.5 Å². The second-order valence-electron chi connectivity index (χ2n) is 6.46. The molecule has 1 N–H and O–H groups in total. The quantitative estimate of drug-likeness (QED) is 0.711. The molecule has 0 aliphatic carbocycles. The number of ether oxygens (including phenoxy) is 1. The van der Waals surface area contributed by atoms with E-state index in [0.29, 0.717) is 48.7 Å². The first kappa shape index (κ1) is 21.1. The predicted octanol–water partition coefficient (Wildman–Crippen LogP) is 3.09. The van der Waals surface area contributed by atoms with E-state index in [4.69, 9.17) is 33.0 Å². The molecule has 0 unspecified atom stereocenters. The highest BCUT2D eigenvalue weighted by atomic mass is 35.5. The number of anilines is 1. The average Bonchev–Trinajstić information content (AvgIpc) is 3.08. The summed E-state index contributed by atoms with van der Waals surface area (Å²) in [7, 11) is -1.81. The fourth-order valence-corrected chi connectivity index (χ4v) is 4.56. The van der Waals surface area contributed by atoms with E-state index in [1.165, 1.54) is 16.4 Å². The molecule has 1 aromatic heterocycles. The predicted molar refractivity (Wildman–Crippen MR) is 112 cm³/mol. The Morgan fingerprint density at radius 2 is 2.00 bits per heavy atom. The summed E-state index contributed by atoms with van der Waals surface area (Å²) >= 11 is 11.7. The topological polar surface area (TPSA) is 75.0 Å². The molecule has 1 aromatic carbocycles. The van der Waals surface area contributed by atoms with Gasteiger partial charge >= 0.3 is 0 Å². The van der Waals surface area contributed by atoms with Gasteiger partial charge in [-0.2, -0.15) is 4.31 Å². The highest BCUT2D eigenvalue weighted by molar-refractivity contribution is 7.89. The van der Waals surface area contributed by atoms with Crippen LogP contribution in [-0.2, 0) is 21.3 Å². The van der Waals surface area contributed by atoms with Crippen molar-refractivity contribution >= 4 is 44.6 Å². The third-order valence-electron chi connectivity index (χ3n) is 4.32. The van der Waals surface area contributed by atoms with E-state index in [9.17, 15) is 8.42 Å². The molecule has 0 radical (unpaired) electrons. The van der Waals surface area contributed by atoms with Gasteiger partial charge < -0.3 is 19.4 Å². The molecule has 10 heteroatoms. The van der Waals surface area contributed by atoms with Gasteiger partial charge in [0.15, 0.2) is 5.11 Å². The van der Waals surface area contributed by atoms with Gasteiger partial charge in [-0.1, -0.05) is 11.6 Å². The number of rotatable bonds is 5. The number of nitrogens with one attached hydrogen (secondary N) is 1. The lowest BCUT2D eigenvalue weighted by Crippen LogP contribution is -2.40. The summed E-state index contributed by atoms with van der Waals surface area (Å²) in [5, 5.41) is 3.81. The van der Waals surface area contributed by atoms with Crippen LogP contribution in [0, 0.1) is 6.92 Å². The van der Waals surface area contributed by atoms with Crippen molar-refractivity contribution in [2.24, 2.45) is 0 Å². The van der Waals surface area contributed by atoms with Crippen LogP contribution in [0.2, 0.25) is 5.02 Å². The van der Waals surface area contributed by atoms with Crippen molar-refractivity contribution in [1.29, 1.82) is 0 Å². The normalized spacial score (nSPS) is 15.4. The minimum absolute atomic E-state index is 0.161. The van der Waals surface area contributed by atoms with Crippen molar-refractivity contribution in [1.82, 2.24) is 9.21 Å². The second kappa shape index (κ2) is 8.79. The van der Waals surface area contributed by atoms with E-state index in [1.54, 1.807) is 11.0 Å². The van der Waals surface area contributed by atoms with Crippen molar-refractivity contribution in [2.45, 2.75) is 18.4 Å². The van der Waals surface area contributed by atoms with Crippen molar-refractivity contribution in [3.05, 3.63) is 46.9 Å². The van der Waals surface area contributed by atoms with Gasteiger partial charge in [-0.3, -0.25) is 0 Å². The summed E-state index contributed by atoms with van der Waals surface area (Å²) in [6.07, 6.45) is 0. The monoisotopic (exact) mass is 443 g/mol. The number of furan rings is 1. The summed E-state index contributed by atoms with van der Waals surface area (Å²) in [5.74, 6) is 1.60. The van der Waals surface area contributed by atoms with Crippen LogP contribution in [0.5, 0.6) is 0 Å². The molecule has 7 nitrogen and oxygen atoms in total. The number of thiocarbonyl (C=S) groups is 1. The van der Waals surface area contributed by atoms with Crippen LogP contribution >= 0.6 is 23.8 Å². The van der Waals surface area contributed by atoms with Crippen molar-refractivity contribution < 1.29 is 17.6 Å². The molecule has 2 aromatic rings. The number of morpholine rings is 1. The number of aryl methyl sites for hydroxylation is 1. The van der Waals surface area contributed by atoms with Crippen LogP contribution in [0.4, 0.5) is 5.69 Å². The zero-order chi connectivity index (χ0) is 20.3. The van der Waals surface area contributed by atoms with Gasteiger partial charge in [-0.15, -0.1) is 0 Å². The molecule has 0 atom stereocenters.